The van der Waals surface area contributed by atoms with E-state index in [1.807, 2.05) is 24.3 Å². The summed E-state index contributed by atoms with van der Waals surface area (Å²) in [6.45, 7) is 0. The third kappa shape index (κ3) is 3.00. The Morgan fingerprint density at radius 2 is 2.00 bits per heavy atom. The van der Waals surface area contributed by atoms with E-state index < -0.39 is 0 Å². The van der Waals surface area contributed by atoms with E-state index in [2.05, 4.69) is 4.98 Å². The van der Waals surface area contributed by atoms with Gasteiger partial charge in [0.25, 0.3) is 0 Å². The second kappa shape index (κ2) is 5.85. The molecule has 0 aliphatic heterocycles. The van der Waals surface area contributed by atoms with Crippen molar-refractivity contribution in [2.45, 2.75) is 12.5 Å². The van der Waals surface area contributed by atoms with Crippen molar-refractivity contribution < 1.29 is 4.74 Å². The highest BCUT2D eigenvalue weighted by atomic mass is 35.5. The average Bonchev–Trinajstić information content (AvgIpc) is 2.39. The van der Waals surface area contributed by atoms with Gasteiger partial charge in [-0.2, -0.15) is 0 Å². The molecular weight excluding hydrogens is 248 g/mol. The summed E-state index contributed by atoms with van der Waals surface area (Å²) in [7, 11) is 1.62. The Morgan fingerprint density at radius 1 is 1.28 bits per heavy atom. The van der Waals surface area contributed by atoms with Crippen LogP contribution < -0.4 is 10.5 Å². The van der Waals surface area contributed by atoms with E-state index in [4.69, 9.17) is 22.1 Å². The van der Waals surface area contributed by atoms with Gasteiger partial charge in [0.1, 0.15) is 5.75 Å². The van der Waals surface area contributed by atoms with Crippen LogP contribution in [0.2, 0.25) is 5.02 Å². The van der Waals surface area contributed by atoms with Gasteiger partial charge in [-0.05, 0) is 36.2 Å². The van der Waals surface area contributed by atoms with Crippen LogP contribution in [0.3, 0.4) is 0 Å². The molecule has 0 saturated heterocycles. The summed E-state index contributed by atoms with van der Waals surface area (Å²) in [5.74, 6) is 0.726. The van der Waals surface area contributed by atoms with Crippen molar-refractivity contribution in [3.05, 3.63) is 58.9 Å². The molecule has 0 fully saturated rings. The molecule has 2 N–H and O–H groups in total. The summed E-state index contributed by atoms with van der Waals surface area (Å²) >= 11 is 5.93. The average molecular weight is 263 g/mol. The quantitative estimate of drug-likeness (QED) is 0.922. The molecule has 4 heteroatoms. The number of nitrogens with zero attached hydrogens (tertiary/aromatic N) is 1. The van der Waals surface area contributed by atoms with E-state index in [1.165, 1.54) is 0 Å². The van der Waals surface area contributed by atoms with Gasteiger partial charge in [-0.15, -0.1) is 0 Å². The van der Waals surface area contributed by atoms with Gasteiger partial charge in [-0.3, -0.25) is 4.98 Å². The zero-order valence-corrected chi connectivity index (χ0v) is 10.9. The van der Waals surface area contributed by atoms with Crippen LogP contribution in [0.25, 0.3) is 0 Å². The summed E-state index contributed by atoms with van der Waals surface area (Å²) in [5.41, 5.74) is 8.31. The lowest BCUT2D eigenvalue weighted by Crippen LogP contribution is -2.14. The number of halogens is 1. The first kappa shape index (κ1) is 12.9. The lowest BCUT2D eigenvalue weighted by molar-refractivity contribution is 0.405. The van der Waals surface area contributed by atoms with Crippen molar-refractivity contribution in [2.24, 2.45) is 5.73 Å². The Bertz CT molecular complexity index is 516. The number of benzene rings is 1. The van der Waals surface area contributed by atoms with Crippen molar-refractivity contribution in [1.82, 2.24) is 4.98 Å². The molecule has 94 valence electrons. The number of hydrogen-bond acceptors (Lipinski definition) is 3. The Balaban J connectivity index is 2.21. The van der Waals surface area contributed by atoms with Crippen LogP contribution in [0.4, 0.5) is 0 Å². The van der Waals surface area contributed by atoms with Gasteiger partial charge >= 0.3 is 0 Å². The number of hydrogen-bond donors (Lipinski definition) is 1. The molecule has 0 saturated carbocycles. The van der Waals surface area contributed by atoms with Crippen LogP contribution in [-0.2, 0) is 6.42 Å². The Labute approximate surface area is 112 Å². The van der Waals surface area contributed by atoms with E-state index in [0.717, 1.165) is 23.3 Å². The van der Waals surface area contributed by atoms with Gasteiger partial charge in [0.05, 0.1) is 7.11 Å². The molecular formula is C14H15ClN2O. The summed E-state index contributed by atoms with van der Waals surface area (Å²) in [6.07, 6.45) is 4.27. The highest BCUT2D eigenvalue weighted by Crippen LogP contribution is 2.28. The van der Waals surface area contributed by atoms with Crippen molar-refractivity contribution >= 4 is 11.6 Å². The number of pyridine rings is 1. The molecule has 2 aromatic rings. The van der Waals surface area contributed by atoms with Gasteiger partial charge in [-0.25, -0.2) is 0 Å². The molecule has 0 spiro atoms. The first-order valence-electron chi connectivity index (χ1n) is 5.68. The Hall–Kier alpha value is -1.58. The molecule has 0 amide bonds. The van der Waals surface area contributed by atoms with Crippen LogP contribution in [0.15, 0.2) is 42.7 Å². The molecule has 18 heavy (non-hydrogen) atoms. The predicted octanol–water partition coefficient (Wildman–Crippen LogP) is 2.99. The molecule has 1 heterocycles. The zero-order valence-electron chi connectivity index (χ0n) is 10.1. The van der Waals surface area contributed by atoms with Crippen LogP contribution in [0, 0.1) is 0 Å². The number of ether oxygens (including phenoxy) is 1. The maximum Gasteiger partial charge on any atom is 0.125 e. The number of nitrogens with two attached hydrogens (primary N) is 1. The van der Waals surface area contributed by atoms with Crippen molar-refractivity contribution in [1.29, 1.82) is 0 Å². The van der Waals surface area contributed by atoms with E-state index in [9.17, 15) is 0 Å². The number of methoxy groups -OCH3 is 1. The second-order valence-corrected chi connectivity index (χ2v) is 4.49. The predicted molar refractivity (Wildman–Crippen MR) is 72.9 cm³/mol. The van der Waals surface area contributed by atoms with Gasteiger partial charge in [0, 0.05) is 29.0 Å². The molecule has 1 aromatic carbocycles. The van der Waals surface area contributed by atoms with Gasteiger partial charge in [-0.1, -0.05) is 17.7 Å². The molecule has 0 aliphatic carbocycles. The normalized spacial score (nSPS) is 12.2. The van der Waals surface area contributed by atoms with Crippen LogP contribution in [-0.4, -0.2) is 12.1 Å². The number of aromatic nitrogens is 1. The summed E-state index contributed by atoms with van der Waals surface area (Å²) < 4.78 is 5.31. The first-order chi connectivity index (χ1) is 8.70. The highest BCUT2D eigenvalue weighted by molar-refractivity contribution is 6.30. The molecule has 0 aliphatic rings. The molecule has 1 atom stereocenters. The second-order valence-electron chi connectivity index (χ2n) is 4.05. The maximum atomic E-state index is 6.21. The third-order valence-electron chi connectivity index (χ3n) is 2.80. The van der Waals surface area contributed by atoms with Gasteiger partial charge in [0.2, 0.25) is 0 Å². The third-order valence-corrected chi connectivity index (χ3v) is 3.04. The van der Waals surface area contributed by atoms with Gasteiger partial charge in [0.15, 0.2) is 0 Å². The summed E-state index contributed by atoms with van der Waals surface area (Å²) in [4.78, 5) is 3.99. The Kier molecular flexibility index (Phi) is 4.18. The van der Waals surface area contributed by atoms with E-state index in [-0.39, 0.29) is 6.04 Å². The molecule has 0 radical (unpaired) electrons. The van der Waals surface area contributed by atoms with Crippen LogP contribution in [0.1, 0.15) is 17.2 Å². The SMILES string of the molecule is COc1cc(Cl)ccc1C(N)Cc1ccncc1. The molecule has 3 nitrogen and oxygen atoms in total. The first-order valence-corrected chi connectivity index (χ1v) is 6.06. The van der Waals surface area contributed by atoms with E-state index in [0.29, 0.717) is 5.02 Å². The lowest BCUT2D eigenvalue weighted by atomic mass is 9.99. The van der Waals surface area contributed by atoms with Crippen molar-refractivity contribution in [3.8, 4) is 5.75 Å². The molecule has 1 unspecified atom stereocenters. The zero-order chi connectivity index (χ0) is 13.0. The van der Waals surface area contributed by atoms with E-state index >= 15 is 0 Å². The fourth-order valence-corrected chi connectivity index (χ4v) is 2.04. The topological polar surface area (TPSA) is 48.1 Å². The fraction of sp³-hybridized carbons (Fsp3) is 0.214. The van der Waals surface area contributed by atoms with Gasteiger partial charge < -0.3 is 10.5 Å². The minimum atomic E-state index is -0.125. The monoisotopic (exact) mass is 262 g/mol. The summed E-state index contributed by atoms with van der Waals surface area (Å²) in [5, 5.41) is 0.645. The Morgan fingerprint density at radius 3 is 2.67 bits per heavy atom. The highest BCUT2D eigenvalue weighted by Gasteiger charge is 2.12. The van der Waals surface area contributed by atoms with Crippen molar-refractivity contribution in [2.75, 3.05) is 7.11 Å². The standard InChI is InChI=1S/C14H15ClN2O/c1-18-14-9-11(15)2-3-12(14)13(16)8-10-4-6-17-7-5-10/h2-7,9,13H,8,16H2,1H3. The molecule has 0 bridgehead atoms. The fourth-order valence-electron chi connectivity index (χ4n) is 1.87. The van der Waals surface area contributed by atoms with Crippen LogP contribution in [0.5, 0.6) is 5.75 Å². The molecule has 1 aromatic heterocycles. The summed E-state index contributed by atoms with van der Waals surface area (Å²) in [6, 6.07) is 9.31. The lowest BCUT2D eigenvalue weighted by Gasteiger charge is -2.16. The number of rotatable bonds is 4. The smallest absolute Gasteiger partial charge is 0.125 e. The van der Waals surface area contributed by atoms with Crippen LogP contribution >= 0.6 is 11.6 Å². The van der Waals surface area contributed by atoms with Crippen molar-refractivity contribution in [3.63, 3.8) is 0 Å². The minimum Gasteiger partial charge on any atom is -0.496 e. The van der Waals surface area contributed by atoms with E-state index in [1.54, 1.807) is 25.6 Å². The minimum absolute atomic E-state index is 0.125. The largest absolute Gasteiger partial charge is 0.496 e. The molecule has 2 rings (SSSR count). The maximum absolute atomic E-state index is 6.21.